The summed E-state index contributed by atoms with van der Waals surface area (Å²) in [6.07, 6.45) is 0.312. The largest absolute Gasteiger partial charge is 0.336 e. The molecule has 2 rings (SSSR count). The van der Waals surface area contributed by atoms with Gasteiger partial charge in [0.05, 0.1) is 0 Å². The van der Waals surface area contributed by atoms with Gasteiger partial charge in [0, 0.05) is 12.0 Å². The summed E-state index contributed by atoms with van der Waals surface area (Å²) in [6, 6.07) is 11.2. The second-order valence-corrected chi connectivity index (χ2v) is 3.61. The maximum absolute atomic E-state index is 11.3. The highest BCUT2D eigenvalue weighted by atomic mass is 16.5. The van der Waals surface area contributed by atoms with E-state index in [1.807, 2.05) is 36.4 Å². The minimum absolute atomic E-state index is 0.100. The molecule has 0 fully saturated rings. The molecule has 0 aliphatic heterocycles. The van der Waals surface area contributed by atoms with E-state index < -0.39 is 0 Å². The molecule has 2 aromatic rings. The molecule has 1 aromatic heterocycles. The van der Waals surface area contributed by atoms with Gasteiger partial charge in [-0.2, -0.15) is 5.26 Å². The first-order valence-electron chi connectivity index (χ1n) is 5.51. The molecular weight excluding hydrogens is 230 g/mol. The lowest BCUT2D eigenvalue weighted by Gasteiger charge is -1.98. The molecule has 0 atom stereocenters. The van der Waals surface area contributed by atoms with Crippen LogP contribution in [0.25, 0.3) is 11.3 Å². The first kappa shape index (κ1) is 11.9. The third-order valence-corrected chi connectivity index (χ3v) is 2.43. The minimum Gasteiger partial charge on any atom is -0.336 e. The van der Waals surface area contributed by atoms with Gasteiger partial charge in [-0.25, -0.2) is 0 Å². The molecule has 1 aromatic carbocycles. The number of amides is 1. The summed E-state index contributed by atoms with van der Waals surface area (Å²) in [5.74, 6) is -0.120. The van der Waals surface area contributed by atoms with E-state index in [1.165, 1.54) is 0 Å². The smallest absolute Gasteiger partial charge is 0.249 e. The molecule has 90 valence electrons. The predicted molar refractivity (Wildman–Crippen MR) is 65.6 cm³/mol. The summed E-state index contributed by atoms with van der Waals surface area (Å²) in [4.78, 5) is 11.3. The molecule has 5 heteroatoms. The molecule has 0 unspecified atom stereocenters. The molecule has 18 heavy (non-hydrogen) atoms. The van der Waals surface area contributed by atoms with Gasteiger partial charge in [0.15, 0.2) is 0 Å². The van der Waals surface area contributed by atoms with Crippen LogP contribution >= 0.6 is 0 Å². The van der Waals surface area contributed by atoms with Crippen LogP contribution in [0.1, 0.15) is 18.9 Å². The monoisotopic (exact) mass is 241 g/mol. The third-order valence-electron chi connectivity index (χ3n) is 2.43. The van der Waals surface area contributed by atoms with Crippen molar-refractivity contribution >= 4 is 11.8 Å². The summed E-state index contributed by atoms with van der Waals surface area (Å²) in [7, 11) is 0. The van der Waals surface area contributed by atoms with E-state index in [2.05, 4.69) is 10.5 Å². The van der Waals surface area contributed by atoms with Crippen molar-refractivity contribution in [3.63, 3.8) is 0 Å². The van der Waals surface area contributed by atoms with E-state index in [0.29, 0.717) is 12.1 Å². The average Bonchev–Trinajstić information content (AvgIpc) is 2.82. The van der Waals surface area contributed by atoms with Crippen LogP contribution in [-0.2, 0) is 4.79 Å². The van der Waals surface area contributed by atoms with Crippen molar-refractivity contribution in [1.82, 2.24) is 5.16 Å². The number of carbonyl (C=O) groups is 1. The quantitative estimate of drug-likeness (QED) is 0.895. The zero-order chi connectivity index (χ0) is 13.0. The van der Waals surface area contributed by atoms with Gasteiger partial charge in [-0.1, -0.05) is 42.4 Å². The van der Waals surface area contributed by atoms with Gasteiger partial charge in [0.2, 0.25) is 11.8 Å². The van der Waals surface area contributed by atoms with Gasteiger partial charge in [-0.05, 0) is 0 Å². The van der Waals surface area contributed by atoms with Crippen LogP contribution in [0.4, 0.5) is 5.88 Å². The number of hydrogen-bond donors (Lipinski definition) is 1. The van der Waals surface area contributed by atoms with Crippen molar-refractivity contribution < 1.29 is 9.32 Å². The Hall–Kier alpha value is -2.61. The van der Waals surface area contributed by atoms with Crippen LogP contribution in [0.2, 0.25) is 0 Å². The zero-order valence-electron chi connectivity index (χ0n) is 9.80. The Balaban J connectivity index is 2.40. The molecule has 1 N–H and O–H groups in total. The maximum Gasteiger partial charge on any atom is 0.249 e. The molecule has 0 saturated carbocycles. The number of nitrogens with one attached hydrogen (secondary N) is 1. The van der Waals surface area contributed by atoms with Crippen molar-refractivity contribution in [2.24, 2.45) is 0 Å². The van der Waals surface area contributed by atoms with E-state index in [9.17, 15) is 4.79 Å². The van der Waals surface area contributed by atoms with Crippen molar-refractivity contribution in [1.29, 1.82) is 5.26 Å². The summed E-state index contributed by atoms with van der Waals surface area (Å²) >= 11 is 0. The van der Waals surface area contributed by atoms with Crippen LogP contribution in [0, 0.1) is 11.3 Å². The summed E-state index contributed by atoms with van der Waals surface area (Å²) in [5, 5.41) is 15.5. The molecule has 0 radical (unpaired) electrons. The normalized spacial score (nSPS) is 9.78. The molecule has 5 nitrogen and oxygen atoms in total. The van der Waals surface area contributed by atoms with Gasteiger partial charge in [0.1, 0.15) is 17.3 Å². The molecule has 0 spiro atoms. The Kier molecular flexibility index (Phi) is 3.39. The third kappa shape index (κ3) is 2.23. The Morgan fingerprint density at radius 3 is 2.78 bits per heavy atom. The second kappa shape index (κ2) is 5.15. The van der Waals surface area contributed by atoms with E-state index in [1.54, 1.807) is 6.92 Å². The molecule has 0 aliphatic carbocycles. The highest BCUT2D eigenvalue weighted by Gasteiger charge is 2.18. The topological polar surface area (TPSA) is 78.9 Å². The fraction of sp³-hybridized carbons (Fsp3) is 0.154. The Morgan fingerprint density at radius 2 is 2.17 bits per heavy atom. The average molecular weight is 241 g/mol. The molecule has 1 amide bonds. The number of nitrogens with zero attached hydrogens (tertiary/aromatic N) is 2. The van der Waals surface area contributed by atoms with Gasteiger partial charge in [0.25, 0.3) is 0 Å². The minimum atomic E-state index is -0.220. The number of aromatic nitrogens is 1. The maximum atomic E-state index is 11.3. The highest BCUT2D eigenvalue weighted by molar-refractivity contribution is 5.91. The first-order chi connectivity index (χ1) is 8.76. The summed E-state index contributed by atoms with van der Waals surface area (Å²) in [6.45, 7) is 1.72. The highest BCUT2D eigenvalue weighted by Crippen LogP contribution is 2.27. The SMILES string of the molecule is CCC(=O)Nc1onc(-c2ccccc2)c1C#N. The lowest BCUT2D eigenvalue weighted by Crippen LogP contribution is -2.09. The van der Waals surface area contributed by atoms with Crippen LogP contribution in [0.5, 0.6) is 0 Å². The van der Waals surface area contributed by atoms with E-state index in [4.69, 9.17) is 9.78 Å². The van der Waals surface area contributed by atoms with Crippen molar-refractivity contribution in [3.05, 3.63) is 35.9 Å². The van der Waals surface area contributed by atoms with Gasteiger partial charge < -0.3 is 4.52 Å². The standard InChI is InChI=1S/C13H11N3O2/c1-2-11(17)15-13-10(8-14)12(16-18-13)9-6-4-3-5-7-9/h3-7H,2H2,1H3,(H,15,17). The van der Waals surface area contributed by atoms with Gasteiger partial charge in [-0.3, -0.25) is 10.1 Å². The number of hydrogen-bond acceptors (Lipinski definition) is 4. The van der Waals surface area contributed by atoms with E-state index >= 15 is 0 Å². The van der Waals surface area contributed by atoms with Crippen molar-refractivity contribution in [2.45, 2.75) is 13.3 Å². The molecule has 1 heterocycles. The molecule has 0 aliphatic rings. The molecular formula is C13H11N3O2. The summed E-state index contributed by atoms with van der Waals surface area (Å²) in [5.41, 5.74) is 1.45. The number of nitriles is 1. The number of rotatable bonds is 3. The fourth-order valence-corrected chi connectivity index (χ4v) is 1.49. The summed E-state index contributed by atoms with van der Waals surface area (Å²) < 4.78 is 5.01. The first-order valence-corrected chi connectivity index (χ1v) is 5.51. The van der Waals surface area contributed by atoms with Gasteiger partial charge >= 0.3 is 0 Å². The van der Waals surface area contributed by atoms with E-state index in [-0.39, 0.29) is 17.4 Å². The number of benzene rings is 1. The lowest BCUT2D eigenvalue weighted by molar-refractivity contribution is -0.116. The van der Waals surface area contributed by atoms with Crippen LogP contribution in [0.15, 0.2) is 34.9 Å². The predicted octanol–water partition coefficient (Wildman–Crippen LogP) is 2.56. The van der Waals surface area contributed by atoms with Gasteiger partial charge in [-0.15, -0.1) is 0 Å². The van der Waals surface area contributed by atoms with Crippen LogP contribution in [0.3, 0.4) is 0 Å². The number of carbonyl (C=O) groups excluding carboxylic acids is 1. The number of anilines is 1. The van der Waals surface area contributed by atoms with E-state index in [0.717, 1.165) is 5.56 Å². The Bertz CT molecular complexity index is 596. The Labute approximate surface area is 104 Å². The Morgan fingerprint density at radius 1 is 1.44 bits per heavy atom. The van der Waals surface area contributed by atoms with Crippen molar-refractivity contribution in [3.8, 4) is 17.3 Å². The van der Waals surface area contributed by atoms with Crippen molar-refractivity contribution in [2.75, 3.05) is 5.32 Å². The second-order valence-electron chi connectivity index (χ2n) is 3.61. The van der Waals surface area contributed by atoms with Crippen LogP contribution in [-0.4, -0.2) is 11.1 Å². The van der Waals surface area contributed by atoms with Crippen LogP contribution < -0.4 is 5.32 Å². The molecule has 0 bridgehead atoms. The lowest BCUT2D eigenvalue weighted by atomic mass is 10.1. The molecule has 0 saturated heterocycles. The zero-order valence-corrected chi connectivity index (χ0v) is 9.80. The fourth-order valence-electron chi connectivity index (χ4n) is 1.49.